The number of nitrogens with one attached hydrogen (secondary N) is 1. The minimum atomic E-state index is -4.84. The summed E-state index contributed by atoms with van der Waals surface area (Å²) >= 11 is 0.334. The molecule has 11 heteroatoms. The van der Waals surface area contributed by atoms with E-state index in [1.54, 1.807) is 0 Å². The molecule has 0 fully saturated rings. The summed E-state index contributed by atoms with van der Waals surface area (Å²) in [6.07, 6.45) is -4.84. The van der Waals surface area contributed by atoms with Crippen molar-refractivity contribution in [1.29, 1.82) is 0 Å². The topological polar surface area (TPSA) is 94.2 Å². The third-order valence-electron chi connectivity index (χ3n) is 2.60. The summed E-state index contributed by atoms with van der Waals surface area (Å²) in [4.78, 5) is 32.2. The maximum Gasteiger partial charge on any atom is 0.416 e. The van der Waals surface area contributed by atoms with E-state index in [9.17, 15) is 32.9 Å². The Morgan fingerprint density at radius 2 is 2.05 bits per heavy atom. The first kappa shape index (κ1) is 15.0. The van der Waals surface area contributed by atoms with E-state index in [0.717, 1.165) is 0 Å². The zero-order valence-electron chi connectivity index (χ0n) is 10.2. The lowest BCUT2D eigenvalue weighted by Crippen LogP contribution is -2.30. The lowest BCUT2D eigenvalue weighted by molar-refractivity contribution is -0.383. The third-order valence-corrected chi connectivity index (χ3v) is 3.58. The smallest absolute Gasteiger partial charge is 0.340 e. The van der Waals surface area contributed by atoms with Gasteiger partial charge in [0, 0.05) is 13.1 Å². The Morgan fingerprint density at radius 3 is 2.52 bits per heavy atom. The molecule has 2 rings (SSSR count). The van der Waals surface area contributed by atoms with E-state index >= 15 is 0 Å². The van der Waals surface area contributed by atoms with Crippen LogP contribution in [0.5, 0.6) is 0 Å². The van der Waals surface area contributed by atoms with E-state index in [4.69, 9.17) is 0 Å². The number of benzene rings is 1. The second kappa shape index (κ2) is 4.84. The van der Waals surface area contributed by atoms with Gasteiger partial charge in [-0.2, -0.15) is 13.2 Å². The summed E-state index contributed by atoms with van der Waals surface area (Å²) in [6.45, 7) is 0. The fraction of sp³-hybridized carbons (Fsp3) is 0.200. The largest absolute Gasteiger partial charge is 0.416 e. The summed E-state index contributed by atoms with van der Waals surface area (Å²) in [5.74, 6) is 0. The van der Waals surface area contributed by atoms with Gasteiger partial charge in [0.2, 0.25) is 0 Å². The Balaban J connectivity index is 2.94. The van der Waals surface area contributed by atoms with Gasteiger partial charge < -0.3 is 5.32 Å². The molecule has 0 bridgehead atoms. The number of hydrogen-bond acceptors (Lipinski definition) is 5. The summed E-state index contributed by atoms with van der Waals surface area (Å²) in [6, 6.07) is -0.0954. The normalized spacial score (nSPS) is 11.6. The number of nitrogens with zero attached hydrogens (tertiary/aromatic N) is 2. The number of non-ortho nitro benzene ring substituents is 1. The quantitative estimate of drug-likeness (QED) is 0.643. The molecular weight excluding hydrogens is 315 g/mol. The number of fused-ring (bicyclic) bond motifs is 1. The van der Waals surface area contributed by atoms with Crippen LogP contribution in [0, 0.1) is 10.1 Å². The molecule has 1 heterocycles. The third kappa shape index (κ3) is 2.46. The van der Waals surface area contributed by atoms with Gasteiger partial charge in [-0.3, -0.25) is 14.9 Å². The van der Waals surface area contributed by atoms with Gasteiger partial charge in [0.25, 0.3) is 5.69 Å². The predicted octanol–water partition coefficient (Wildman–Crippen LogP) is 2.18. The van der Waals surface area contributed by atoms with Crippen LogP contribution in [0.3, 0.4) is 0 Å². The van der Waals surface area contributed by atoms with Gasteiger partial charge in [0.1, 0.15) is 4.70 Å². The minimum Gasteiger partial charge on any atom is -0.340 e. The number of nitro groups is 1. The molecule has 0 aliphatic rings. The molecule has 0 radical (unpaired) electrons. The highest BCUT2D eigenvalue weighted by molar-refractivity contribution is 7.17. The number of halogens is 3. The first-order valence-corrected chi connectivity index (χ1v) is 6.11. The number of aromatic nitrogens is 1. The number of nitro benzene ring substituents is 1. The number of alkyl halides is 3. The lowest BCUT2D eigenvalue weighted by Gasteiger charge is -2.08. The highest BCUT2D eigenvalue weighted by Gasteiger charge is 2.35. The highest BCUT2D eigenvalue weighted by Crippen LogP contribution is 2.37. The Morgan fingerprint density at radius 1 is 1.43 bits per heavy atom. The molecule has 7 nitrogen and oxygen atoms in total. The van der Waals surface area contributed by atoms with Crippen LogP contribution in [0.25, 0.3) is 10.2 Å². The summed E-state index contributed by atoms with van der Waals surface area (Å²) in [7, 11) is 1.18. The van der Waals surface area contributed by atoms with Crippen molar-refractivity contribution in [3.05, 3.63) is 37.5 Å². The number of amides is 1. The highest BCUT2D eigenvalue weighted by atomic mass is 32.1. The Kier molecular flexibility index (Phi) is 3.45. The monoisotopic (exact) mass is 321 g/mol. The van der Waals surface area contributed by atoms with Gasteiger partial charge >= 0.3 is 17.1 Å². The second-order valence-corrected chi connectivity index (χ2v) is 4.82. The van der Waals surface area contributed by atoms with Crippen molar-refractivity contribution in [2.75, 3.05) is 7.05 Å². The summed E-state index contributed by atoms with van der Waals surface area (Å²) < 4.78 is 38.5. The zero-order valence-corrected chi connectivity index (χ0v) is 11.0. The van der Waals surface area contributed by atoms with Crippen LogP contribution >= 0.6 is 11.3 Å². The van der Waals surface area contributed by atoms with E-state index in [1.807, 2.05) is 0 Å². The SMILES string of the molecule is CNC(=O)n1c(=O)sc2c([N+](=O)[O-])cc(C(F)(F)F)cc21. The van der Waals surface area contributed by atoms with E-state index < -0.39 is 38.8 Å². The molecule has 112 valence electrons. The van der Waals surface area contributed by atoms with Crippen molar-refractivity contribution in [3.63, 3.8) is 0 Å². The van der Waals surface area contributed by atoms with E-state index in [1.165, 1.54) is 7.05 Å². The Hall–Kier alpha value is -2.43. The van der Waals surface area contributed by atoms with Crippen molar-refractivity contribution < 1.29 is 22.9 Å². The fourth-order valence-electron chi connectivity index (χ4n) is 1.70. The molecule has 0 saturated carbocycles. The average Bonchev–Trinajstić information content (AvgIpc) is 2.71. The molecular formula is C10H6F3N3O4S. The van der Waals surface area contributed by atoms with Crippen molar-refractivity contribution in [1.82, 2.24) is 9.88 Å². The maximum atomic E-state index is 12.8. The second-order valence-electron chi connectivity index (χ2n) is 3.86. The molecule has 1 aromatic heterocycles. The molecule has 21 heavy (non-hydrogen) atoms. The molecule has 2 aromatic rings. The van der Waals surface area contributed by atoms with Crippen LogP contribution < -0.4 is 10.2 Å². The van der Waals surface area contributed by atoms with Crippen LogP contribution in [0.2, 0.25) is 0 Å². The summed E-state index contributed by atoms with van der Waals surface area (Å²) in [5.41, 5.74) is -2.63. The Labute approximate surface area is 117 Å². The predicted molar refractivity (Wildman–Crippen MR) is 67.6 cm³/mol. The van der Waals surface area contributed by atoms with Crippen molar-refractivity contribution in [2.45, 2.75) is 6.18 Å². The first-order chi connectivity index (χ1) is 9.66. The van der Waals surface area contributed by atoms with Gasteiger partial charge in [-0.25, -0.2) is 9.36 Å². The first-order valence-electron chi connectivity index (χ1n) is 5.30. The molecule has 0 saturated heterocycles. The molecule has 0 atom stereocenters. The number of thiazole rings is 1. The average molecular weight is 321 g/mol. The van der Waals surface area contributed by atoms with Crippen LogP contribution in [-0.4, -0.2) is 22.6 Å². The number of carbonyl (C=O) groups is 1. The van der Waals surface area contributed by atoms with Crippen LogP contribution in [0.15, 0.2) is 16.9 Å². The number of rotatable bonds is 1. The molecule has 0 aliphatic heterocycles. The van der Waals surface area contributed by atoms with Crippen molar-refractivity contribution >= 4 is 33.3 Å². The summed E-state index contributed by atoms with van der Waals surface area (Å²) in [5, 5.41) is 13.0. The van der Waals surface area contributed by atoms with Gasteiger partial charge in [0.15, 0.2) is 0 Å². The van der Waals surface area contributed by atoms with Crippen LogP contribution in [-0.2, 0) is 6.18 Å². The van der Waals surface area contributed by atoms with Gasteiger partial charge in [-0.15, -0.1) is 0 Å². The van der Waals surface area contributed by atoms with E-state index in [2.05, 4.69) is 5.32 Å². The van der Waals surface area contributed by atoms with Crippen LogP contribution in [0.1, 0.15) is 5.56 Å². The molecule has 1 amide bonds. The maximum absolute atomic E-state index is 12.8. The fourth-order valence-corrected chi connectivity index (χ4v) is 2.64. The lowest BCUT2D eigenvalue weighted by atomic mass is 10.1. The Bertz CT molecular complexity index is 808. The standard InChI is InChI=1S/C10H6F3N3O4S/c1-14-8(17)15-5-2-4(10(11,12)13)3-6(16(19)20)7(5)21-9(15)18/h2-3H,1H3,(H,14,17). The molecule has 1 N–H and O–H groups in total. The minimum absolute atomic E-state index is 0.290. The van der Waals surface area contributed by atoms with Crippen molar-refractivity contribution in [3.8, 4) is 0 Å². The van der Waals surface area contributed by atoms with E-state index in [0.29, 0.717) is 28.0 Å². The molecule has 1 aromatic carbocycles. The van der Waals surface area contributed by atoms with Gasteiger partial charge in [-0.05, 0) is 6.07 Å². The van der Waals surface area contributed by atoms with Crippen LogP contribution in [0.4, 0.5) is 23.7 Å². The van der Waals surface area contributed by atoms with Crippen molar-refractivity contribution in [2.24, 2.45) is 0 Å². The van der Waals surface area contributed by atoms with E-state index in [-0.39, 0.29) is 4.70 Å². The van der Waals surface area contributed by atoms with Gasteiger partial charge in [0.05, 0.1) is 16.0 Å². The zero-order chi connectivity index (χ0) is 15.9. The molecule has 0 spiro atoms. The molecule has 0 aliphatic carbocycles. The number of carbonyl (C=O) groups excluding carboxylic acids is 1. The van der Waals surface area contributed by atoms with Gasteiger partial charge in [-0.1, -0.05) is 11.3 Å². The number of hydrogen-bond donors (Lipinski definition) is 1. The molecule has 0 unspecified atom stereocenters.